The second-order valence-electron chi connectivity index (χ2n) is 9.01. The lowest BCUT2D eigenvalue weighted by Gasteiger charge is -2.31. The molecule has 0 bridgehead atoms. The fraction of sp³-hybridized carbons (Fsp3) is 0.650. The Bertz CT molecular complexity index is 884. The molecule has 1 aliphatic carbocycles. The van der Waals surface area contributed by atoms with Crippen LogP contribution in [0.2, 0.25) is 0 Å². The van der Waals surface area contributed by atoms with Crippen LogP contribution in [0.15, 0.2) is 18.5 Å². The number of hydrogen-bond donors (Lipinski definition) is 2. The van der Waals surface area contributed by atoms with Crippen LogP contribution in [0.4, 0.5) is 8.78 Å². The van der Waals surface area contributed by atoms with Crippen LogP contribution in [0.25, 0.3) is 5.65 Å². The summed E-state index contributed by atoms with van der Waals surface area (Å²) in [6.45, 7) is 4.85. The fourth-order valence-electron chi connectivity index (χ4n) is 4.39. The van der Waals surface area contributed by atoms with Crippen molar-refractivity contribution < 1.29 is 13.6 Å². The smallest absolute Gasteiger partial charge is 0.248 e. The van der Waals surface area contributed by atoms with Gasteiger partial charge in [-0.25, -0.2) is 18.3 Å². The molecule has 0 radical (unpaired) electrons. The molecule has 2 aliphatic rings. The number of carbonyl (C=O) groups excluding carboxylic acids is 1. The number of rotatable bonds is 4. The number of imidazole rings is 1. The number of halogens is 2. The van der Waals surface area contributed by atoms with Gasteiger partial charge >= 0.3 is 0 Å². The highest BCUT2D eigenvalue weighted by molar-refractivity contribution is 5.82. The van der Waals surface area contributed by atoms with Crippen LogP contribution in [0.3, 0.4) is 0 Å². The standard InChI is InChI=1S/C20H27F2N5O/c1-19(2)11-24-18(28)14(19)7-12-8-16-26-15(10-27(16)25-9-12)17(23)13-3-5-20(21,22)6-4-13/h8-10,13-14,17H,3-7,11,23H2,1-2H3,(H,24,28)/t14?,17-/m0/s1. The number of amides is 1. The second kappa shape index (κ2) is 6.76. The van der Waals surface area contributed by atoms with Crippen LogP contribution in [0, 0.1) is 17.3 Å². The van der Waals surface area contributed by atoms with Gasteiger partial charge in [0.05, 0.1) is 24.1 Å². The van der Waals surface area contributed by atoms with Crippen LogP contribution in [-0.2, 0) is 11.2 Å². The summed E-state index contributed by atoms with van der Waals surface area (Å²) in [5.41, 5.74) is 8.54. The molecule has 2 fully saturated rings. The van der Waals surface area contributed by atoms with Crippen molar-refractivity contribution in [1.29, 1.82) is 0 Å². The van der Waals surface area contributed by atoms with Crippen LogP contribution in [0.5, 0.6) is 0 Å². The van der Waals surface area contributed by atoms with Crippen molar-refractivity contribution >= 4 is 11.6 Å². The van der Waals surface area contributed by atoms with Gasteiger partial charge in [0, 0.05) is 25.3 Å². The van der Waals surface area contributed by atoms with Gasteiger partial charge in [-0.3, -0.25) is 4.79 Å². The first-order valence-electron chi connectivity index (χ1n) is 9.90. The molecule has 1 unspecified atom stereocenters. The van der Waals surface area contributed by atoms with E-state index in [2.05, 4.69) is 29.2 Å². The molecule has 28 heavy (non-hydrogen) atoms. The molecule has 1 aliphatic heterocycles. The largest absolute Gasteiger partial charge is 0.355 e. The number of nitrogens with two attached hydrogens (primary N) is 1. The van der Waals surface area contributed by atoms with E-state index in [0.717, 1.165) is 5.56 Å². The van der Waals surface area contributed by atoms with E-state index >= 15 is 0 Å². The topological polar surface area (TPSA) is 85.3 Å². The van der Waals surface area contributed by atoms with Crippen molar-refractivity contribution in [2.75, 3.05) is 6.54 Å². The van der Waals surface area contributed by atoms with Gasteiger partial charge in [0.15, 0.2) is 5.65 Å². The number of carbonyl (C=O) groups is 1. The minimum absolute atomic E-state index is 0.00647. The fourth-order valence-corrected chi connectivity index (χ4v) is 4.39. The highest BCUT2D eigenvalue weighted by atomic mass is 19.3. The van der Waals surface area contributed by atoms with Crippen LogP contribution in [-0.4, -0.2) is 33.0 Å². The first-order valence-corrected chi connectivity index (χ1v) is 9.90. The average Bonchev–Trinajstić information content (AvgIpc) is 3.17. The Morgan fingerprint density at radius 2 is 2.07 bits per heavy atom. The third-order valence-corrected chi connectivity index (χ3v) is 6.42. The molecular formula is C20H27F2N5O. The maximum Gasteiger partial charge on any atom is 0.248 e. The molecule has 4 rings (SSSR count). The third kappa shape index (κ3) is 3.62. The molecule has 1 saturated carbocycles. The Labute approximate surface area is 162 Å². The summed E-state index contributed by atoms with van der Waals surface area (Å²) >= 11 is 0. The minimum atomic E-state index is -2.56. The maximum absolute atomic E-state index is 13.4. The summed E-state index contributed by atoms with van der Waals surface area (Å²) in [6.07, 6.45) is 4.74. The SMILES string of the molecule is CC1(C)CNC(=O)C1Cc1cnn2cc([C@@H](N)C3CCC(F)(F)CC3)nc2c1. The molecule has 1 saturated heterocycles. The number of fused-ring (bicyclic) bond motifs is 1. The van der Waals surface area contributed by atoms with Crippen molar-refractivity contribution in [1.82, 2.24) is 19.9 Å². The highest BCUT2D eigenvalue weighted by Crippen LogP contribution is 2.40. The number of alkyl halides is 2. The predicted molar refractivity (Wildman–Crippen MR) is 101 cm³/mol. The number of nitrogens with zero attached hydrogens (tertiary/aromatic N) is 3. The molecule has 0 spiro atoms. The number of nitrogens with one attached hydrogen (secondary N) is 1. The minimum Gasteiger partial charge on any atom is -0.355 e. The lowest BCUT2D eigenvalue weighted by molar-refractivity contribution is -0.123. The van der Waals surface area contributed by atoms with Gasteiger partial charge < -0.3 is 11.1 Å². The summed E-state index contributed by atoms with van der Waals surface area (Å²) < 4.78 is 28.5. The van der Waals surface area contributed by atoms with E-state index in [4.69, 9.17) is 5.73 Å². The van der Waals surface area contributed by atoms with Gasteiger partial charge in [0.2, 0.25) is 11.8 Å². The molecule has 1 amide bonds. The van der Waals surface area contributed by atoms with E-state index < -0.39 is 5.92 Å². The Morgan fingerprint density at radius 1 is 1.36 bits per heavy atom. The molecule has 3 N–H and O–H groups in total. The zero-order valence-electron chi connectivity index (χ0n) is 16.3. The molecule has 2 atom stereocenters. The van der Waals surface area contributed by atoms with Gasteiger partial charge in [-0.05, 0) is 42.2 Å². The Morgan fingerprint density at radius 3 is 2.71 bits per heavy atom. The van der Waals surface area contributed by atoms with Gasteiger partial charge in [-0.2, -0.15) is 5.10 Å². The predicted octanol–water partition coefficient (Wildman–Crippen LogP) is 2.87. The molecule has 2 aromatic rings. The molecular weight excluding hydrogens is 364 g/mol. The summed E-state index contributed by atoms with van der Waals surface area (Å²) in [7, 11) is 0. The quantitative estimate of drug-likeness (QED) is 0.839. The summed E-state index contributed by atoms with van der Waals surface area (Å²) in [4.78, 5) is 16.8. The number of hydrogen-bond acceptors (Lipinski definition) is 4. The van der Waals surface area contributed by atoms with E-state index in [9.17, 15) is 13.6 Å². The van der Waals surface area contributed by atoms with E-state index in [1.807, 2.05) is 6.07 Å². The Kier molecular flexibility index (Phi) is 4.64. The first-order chi connectivity index (χ1) is 13.1. The van der Waals surface area contributed by atoms with E-state index in [-0.39, 0.29) is 42.0 Å². The van der Waals surface area contributed by atoms with E-state index in [1.54, 1.807) is 16.9 Å². The van der Waals surface area contributed by atoms with Crippen LogP contribution in [0.1, 0.15) is 56.8 Å². The Balaban J connectivity index is 1.51. The number of aromatic nitrogens is 3. The second-order valence-corrected chi connectivity index (χ2v) is 9.01. The third-order valence-electron chi connectivity index (χ3n) is 6.42. The Hall–Kier alpha value is -2.09. The van der Waals surface area contributed by atoms with Crippen LogP contribution >= 0.6 is 0 Å². The summed E-state index contributed by atoms with van der Waals surface area (Å²) in [6, 6.07) is 1.56. The van der Waals surface area contributed by atoms with E-state index in [1.165, 1.54) is 0 Å². The zero-order chi connectivity index (χ0) is 20.1. The molecule has 2 aromatic heterocycles. The van der Waals surface area contributed by atoms with Crippen molar-refractivity contribution in [2.45, 2.75) is 57.9 Å². The van der Waals surface area contributed by atoms with Gasteiger partial charge in [-0.15, -0.1) is 0 Å². The monoisotopic (exact) mass is 391 g/mol. The van der Waals surface area contributed by atoms with Gasteiger partial charge in [-0.1, -0.05) is 13.8 Å². The summed E-state index contributed by atoms with van der Waals surface area (Å²) in [5.74, 6) is -2.58. The lowest BCUT2D eigenvalue weighted by atomic mass is 9.78. The zero-order valence-corrected chi connectivity index (χ0v) is 16.3. The lowest BCUT2D eigenvalue weighted by Crippen LogP contribution is -2.31. The van der Waals surface area contributed by atoms with Crippen molar-refractivity contribution in [2.24, 2.45) is 23.0 Å². The van der Waals surface area contributed by atoms with Gasteiger partial charge in [0.1, 0.15) is 0 Å². The van der Waals surface area contributed by atoms with Crippen molar-refractivity contribution in [3.05, 3.63) is 29.7 Å². The normalized spacial score (nSPS) is 25.8. The molecule has 8 heteroatoms. The molecule has 0 aromatic carbocycles. The molecule has 3 heterocycles. The van der Waals surface area contributed by atoms with Gasteiger partial charge in [0.25, 0.3) is 0 Å². The van der Waals surface area contributed by atoms with E-state index in [0.29, 0.717) is 37.1 Å². The van der Waals surface area contributed by atoms with Crippen LogP contribution < -0.4 is 11.1 Å². The highest BCUT2D eigenvalue weighted by Gasteiger charge is 2.41. The molecule has 152 valence electrons. The van der Waals surface area contributed by atoms with Crippen molar-refractivity contribution in [3.8, 4) is 0 Å². The first kappa shape index (κ1) is 19.2. The summed E-state index contributed by atoms with van der Waals surface area (Å²) in [5, 5.41) is 7.34. The molecule has 6 nitrogen and oxygen atoms in total. The average molecular weight is 391 g/mol. The maximum atomic E-state index is 13.4. The van der Waals surface area contributed by atoms with Crippen molar-refractivity contribution in [3.63, 3.8) is 0 Å².